The normalized spacial score (nSPS) is 26.6. The molecule has 1 aromatic rings. The number of nitrogens with one attached hydrogen (secondary N) is 1. The van der Waals surface area contributed by atoms with E-state index >= 15 is 0 Å². The maximum atomic E-state index is 12.9. The number of carbonyl (C=O) groups excluding carboxylic acids is 1. The van der Waals surface area contributed by atoms with Gasteiger partial charge in [-0.2, -0.15) is 0 Å². The number of aryl methyl sites for hydroxylation is 1. The van der Waals surface area contributed by atoms with Gasteiger partial charge in [-0.3, -0.25) is 4.79 Å². The van der Waals surface area contributed by atoms with Crippen molar-refractivity contribution in [3.05, 3.63) is 21.9 Å². The number of hydrogen-bond donors (Lipinski definition) is 1. The number of thiophene rings is 1. The highest BCUT2D eigenvalue weighted by Gasteiger charge is 2.32. The lowest BCUT2D eigenvalue weighted by molar-refractivity contribution is -0.134. The molecular formula is C16H24N2OS. The molecule has 0 saturated carbocycles. The van der Waals surface area contributed by atoms with Gasteiger partial charge in [0, 0.05) is 18.0 Å². The first-order valence-corrected chi connectivity index (χ1v) is 8.69. The van der Waals surface area contributed by atoms with Crippen molar-refractivity contribution in [2.24, 2.45) is 0 Å². The van der Waals surface area contributed by atoms with Gasteiger partial charge in [-0.25, -0.2) is 0 Å². The molecule has 1 aliphatic carbocycles. The van der Waals surface area contributed by atoms with Gasteiger partial charge in [-0.1, -0.05) is 0 Å². The Morgan fingerprint density at radius 2 is 2.20 bits per heavy atom. The Bertz CT molecular complexity index is 463. The van der Waals surface area contributed by atoms with Gasteiger partial charge < -0.3 is 10.2 Å². The molecule has 0 bridgehead atoms. The van der Waals surface area contributed by atoms with Crippen LogP contribution >= 0.6 is 11.3 Å². The van der Waals surface area contributed by atoms with E-state index < -0.39 is 0 Å². The van der Waals surface area contributed by atoms with Crippen LogP contribution in [0.25, 0.3) is 0 Å². The van der Waals surface area contributed by atoms with Gasteiger partial charge in [0.05, 0.1) is 5.92 Å². The number of likely N-dealkylation sites (N-methyl/N-ethyl adjacent to an activating group) is 1. The summed E-state index contributed by atoms with van der Waals surface area (Å²) in [6, 6.07) is 2.59. The van der Waals surface area contributed by atoms with Gasteiger partial charge in [0.25, 0.3) is 0 Å². The van der Waals surface area contributed by atoms with E-state index in [0.29, 0.717) is 11.9 Å². The van der Waals surface area contributed by atoms with Crippen LogP contribution < -0.4 is 5.32 Å². The van der Waals surface area contributed by atoms with Gasteiger partial charge in [0.2, 0.25) is 5.91 Å². The lowest BCUT2D eigenvalue weighted by atomic mass is 9.86. The van der Waals surface area contributed by atoms with Crippen molar-refractivity contribution in [3.8, 4) is 0 Å². The lowest BCUT2D eigenvalue weighted by Gasteiger charge is -2.32. The van der Waals surface area contributed by atoms with E-state index in [1.54, 1.807) is 0 Å². The molecule has 1 aliphatic heterocycles. The summed E-state index contributed by atoms with van der Waals surface area (Å²) in [5, 5.41) is 5.57. The molecule has 1 fully saturated rings. The highest BCUT2D eigenvalue weighted by Crippen LogP contribution is 2.36. The van der Waals surface area contributed by atoms with Gasteiger partial charge in [0.1, 0.15) is 0 Å². The smallest absolute Gasteiger partial charge is 0.230 e. The van der Waals surface area contributed by atoms with Crippen molar-refractivity contribution >= 4 is 17.2 Å². The van der Waals surface area contributed by atoms with Gasteiger partial charge in [-0.15, -0.1) is 11.3 Å². The Morgan fingerprint density at radius 1 is 1.30 bits per heavy atom. The average Bonchev–Trinajstić information content (AvgIpc) is 2.79. The molecule has 4 heteroatoms. The maximum Gasteiger partial charge on any atom is 0.230 e. The zero-order valence-electron chi connectivity index (χ0n) is 12.2. The van der Waals surface area contributed by atoms with E-state index in [1.807, 2.05) is 23.3 Å². The molecule has 0 spiro atoms. The number of carbonyl (C=O) groups is 1. The molecule has 1 aromatic heterocycles. The van der Waals surface area contributed by atoms with E-state index in [2.05, 4.69) is 16.8 Å². The first-order chi connectivity index (χ1) is 9.77. The molecule has 3 nitrogen and oxygen atoms in total. The van der Waals surface area contributed by atoms with Crippen LogP contribution in [-0.2, 0) is 11.2 Å². The van der Waals surface area contributed by atoms with Crippen molar-refractivity contribution in [3.63, 3.8) is 0 Å². The van der Waals surface area contributed by atoms with E-state index in [9.17, 15) is 4.79 Å². The molecule has 2 unspecified atom stereocenters. The first-order valence-electron chi connectivity index (χ1n) is 7.81. The zero-order valence-corrected chi connectivity index (χ0v) is 13.0. The molecule has 2 aliphatic rings. The highest BCUT2D eigenvalue weighted by atomic mass is 32.1. The summed E-state index contributed by atoms with van der Waals surface area (Å²) in [4.78, 5) is 16.4. The minimum atomic E-state index is 0.117. The Kier molecular flexibility index (Phi) is 4.41. The van der Waals surface area contributed by atoms with Crippen molar-refractivity contribution in [2.75, 3.05) is 20.1 Å². The van der Waals surface area contributed by atoms with Gasteiger partial charge in [0.15, 0.2) is 0 Å². The average molecular weight is 292 g/mol. The summed E-state index contributed by atoms with van der Waals surface area (Å²) in [6.07, 6.45) is 6.75. The lowest BCUT2D eigenvalue weighted by Crippen LogP contribution is -2.41. The number of amides is 1. The first kappa shape index (κ1) is 14.1. The Balaban J connectivity index is 1.72. The summed E-state index contributed by atoms with van der Waals surface area (Å²) in [6.45, 7) is 2.13. The van der Waals surface area contributed by atoms with Crippen LogP contribution in [0.3, 0.4) is 0 Å². The quantitative estimate of drug-likeness (QED) is 0.909. The van der Waals surface area contributed by atoms with Crippen LogP contribution in [0, 0.1) is 0 Å². The predicted octanol–water partition coefficient (Wildman–Crippen LogP) is 2.77. The fourth-order valence-corrected chi connectivity index (χ4v) is 4.54. The molecule has 20 heavy (non-hydrogen) atoms. The summed E-state index contributed by atoms with van der Waals surface area (Å²) in [7, 11) is 2.01. The molecule has 3 rings (SSSR count). The van der Waals surface area contributed by atoms with Crippen LogP contribution in [0.5, 0.6) is 0 Å². The molecule has 1 amide bonds. The third-order valence-corrected chi connectivity index (χ3v) is 5.79. The van der Waals surface area contributed by atoms with Crippen LogP contribution in [0.15, 0.2) is 11.4 Å². The van der Waals surface area contributed by atoms with Crippen LogP contribution in [-0.4, -0.2) is 37.0 Å². The van der Waals surface area contributed by atoms with Gasteiger partial charge >= 0.3 is 0 Å². The maximum absolute atomic E-state index is 12.9. The molecule has 2 atom stereocenters. The van der Waals surface area contributed by atoms with Crippen molar-refractivity contribution in [1.82, 2.24) is 10.2 Å². The second-order valence-electron chi connectivity index (χ2n) is 6.03. The summed E-state index contributed by atoms with van der Waals surface area (Å²) in [5.41, 5.74) is 1.31. The largest absolute Gasteiger partial charge is 0.342 e. The van der Waals surface area contributed by atoms with Crippen molar-refractivity contribution in [2.45, 2.75) is 50.5 Å². The Morgan fingerprint density at radius 3 is 3.10 bits per heavy atom. The van der Waals surface area contributed by atoms with E-state index in [1.165, 1.54) is 16.9 Å². The monoisotopic (exact) mass is 292 g/mol. The SMILES string of the molecule is CN(C(=O)C1CCCc2sccc21)C1CCCNCC1. The Hall–Kier alpha value is -0.870. The van der Waals surface area contributed by atoms with Gasteiger partial charge in [-0.05, 0) is 68.6 Å². The fourth-order valence-electron chi connectivity index (χ4n) is 3.56. The predicted molar refractivity (Wildman–Crippen MR) is 83.3 cm³/mol. The highest BCUT2D eigenvalue weighted by molar-refractivity contribution is 7.10. The molecule has 1 N–H and O–H groups in total. The zero-order chi connectivity index (χ0) is 13.9. The molecule has 2 heterocycles. The second-order valence-corrected chi connectivity index (χ2v) is 7.03. The third kappa shape index (κ3) is 2.77. The molecule has 1 saturated heterocycles. The summed E-state index contributed by atoms with van der Waals surface area (Å²) in [5.74, 6) is 0.461. The summed E-state index contributed by atoms with van der Waals surface area (Å²) < 4.78 is 0. The van der Waals surface area contributed by atoms with E-state index in [0.717, 1.165) is 45.2 Å². The minimum Gasteiger partial charge on any atom is -0.342 e. The van der Waals surface area contributed by atoms with Crippen molar-refractivity contribution < 1.29 is 4.79 Å². The number of fused-ring (bicyclic) bond motifs is 1. The minimum absolute atomic E-state index is 0.117. The number of hydrogen-bond acceptors (Lipinski definition) is 3. The molecule has 110 valence electrons. The molecular weight excluding hydrogens is 268 g/mol. The van der Waals surface area contributed by atoms with E-state index in [4.69, 9.17) is 0 Å². The molecule has 0 radical (unpaired) electrons. The van der Waals surface area contributed by atoms with Crippen LogP contribution in [0.4, 0.5) is 0 Å². The summed E-state index contributed by atoms with van der Waals surface area (Å²) >= 11 is 1.82. The molecule has 0 aromatic carbocycles. The topological polar surface area (TPSA) is 32.3 Å². The standard InChI is InChI=1S/C16H24N2OS/c1-18(12-4-3-9-17-10-7-12)16(19)14-5-2-6-15-13(14)8-11-20-15/h8,11-12,14,17H,2-7,9-10H2,1H3. The third-order valence-electron chi connectivity index (χ3n) is 4.79. The second kappa shape index (κ2) is 6.27. The fraction of sp³-hybridized carbons (Fsp3) is 0.688. The van der Waals surface area contributed by atoms with E-state index in [-0.39, 0.29) is 5.92 Å². The van der Waals surface area contributed by atoms with Crippen molar-refractivity contribution in [1.29, 1.82) is 0 Å². The number of rotatable bonds is 2. The van der Waals surface area contributed by atoms with Crippen LogP contribution in [0.2, 0.25) is 0 Å². The van der Waals surface area contributed by atoms with Crippen LogP contribution in [0.1, 0.15) is 48.5 Å². The Labute approximate surface area is 125 Å². The number of nitrogens with zero attached hydrogens (tertiary/aromatic N) is 1.